The highest BCUT2D eigenvalue weighted by atomic mass is 16.6. The van der Waals surface area contributed by atoms with Crippen LogP contribution in [0.3, 0.4) is 0 Å². The fraction of sp³-hybridized carbons (Fsp3) is 0.450. The maximum Gasteiger partial charge on any atom is 0.407 e. The molecule has 0 fully saturated rings. The minimum atomic E-state index is -1.60. The topological polar surface area (TPSA) is 142 Å². The van der Waals surface area contributed by atoms with Crippen molar-refractivity contribution in [1.29, 1.82) is 0 Å². The zero-order chi connectivity index (χ0) is 22.6. The summed E-state index contributed by atoms with van der Waals surface area (Å²) in [5, 5.41) is 12.7. The molecule has 2 rings (SSSR count). The van der Waals surface area contributed by atoms with Crippen LogP contribution in [-0.4, -0.2) is 57.7 Å². The highest BCUT2D eigenvalue weighted by Crippen LogP contribution is 2.19. The van der Waals surface area contributed by atoms with Crippen LogP contribution in [0.25, 0.3) is 11.0 Å². The summed E-state index contributed by atoms with van der Waals surface area (Å²) >= 11 is 0. The molecule has 10 nitrogen and oxygen atoms in total. The Morgan fingerprint density at radius 3 is 2.53 bits per heavy atom. The molecule has 0 aromatic carbocycles. The number of carbonyl (C=O) groups is 3. The van der Waals surface area contributed by atoms with Crippen LogP contribution in [0, 0.1) is 6.92 Å². The van der Waals surface area contributed by atoms with Crippen molar-refractivity contribution in [2.24, 2.45) is 0 Å². The molecule has 0 saturated carbocycles. The first kappa shape index (κ1) is 22.9. The number of nitrogens with one attached hydrogen (secondary N) is 2. The first-order chi connectivity index (χ1) is 13.9. The Labute approximate surface area is 173 Å². The molecule has 1 unspecified atom stereocenters. The van der Waals surface area contributed by atoms with E-state index < -0.39 is 35.0 Å². The average molecular weight is 418 g/mol. The summed E-state index contributed by atoms with van der Waals surface area (Å²) in [7, 11) is 0. The van der Waals surface area contributed by atoms with Crippen LogP contribution >= 0.6 is 0 Å². The van der Waals surface area contributed by atoms with Crippen molar-refractivity contribution in [3.63, 3.8) is 0 Å². The van der Waals surface area contributed by atoms with E-state index >= 15 is 0 Å². The van der Waals surface area contributed by atoms with Crippen LogP contribution in [-0.2, 0) is 14.3 Å². The lowest BCUT2D eigenvalue weighted by Crippen LogP contribution is -2.51. The molecule has 0 bridgehead atoms. The number of nitrogens with zero attached hydrogens (tertiary/aromatic N) is 2. The molecule has 0 aliphatic heterocycles. The Balaban J connectivity index is 2.39. The van der Waals surface area contributed by atoms with Crippen LogP contribution in [0.4, 0.5) is 10.5 Å². The number of fused-ring (bicyclic) bond motifs is 1. The van der Waals surface area contributed by atoms with Gasteiger partial charge in [-0.15, -0.1) is 0 Å². The molecule has 0 saturated heterocycles. The number of amides is 1. The first-order valence-corrected chi connectivity index (χ1v) is 9.35. The number of aromatic amines is 1. The summed E-state index contributed by atoms with van der Waals surface area (Å²) in [5.41, 5.74) is -0.115. The second-order valence-electron chi connectivity index (χ2n) is 7.91. The zero-order valence-electron chi connectivity index (χ0n) is 17.6. The van der Waals surface area contributed by atoms with Gasteiger partial charge in [-0.3, -0.25) is 9.59 Å². The number of carbonyl (C=O) groups excluding carboxylic acids is 2. The van der Waals surface area contributed by atoms with Crippen molar-refractivity contribution >= 4 is 34.6 Å². The molecule has 1 atom stereocenters. The molecule has 0 radical (unpaired) electrons. The monoisotopic (exact) mass is 418 g/mol. The van der Waals surface area contributed by atoms with Crippen LogP contribution < -0.4 is 15.8 Å². The molecular formula is C20H26N4O6. The molecule has 30 heavy (non-hydrogen) atoms. The van der Waals surface area contributed by atoms with Crippen LogP contribution in [0.15, 0.2) is 23.1 Å². The number of ketones is 1. The lowest BCUT2D eigenvalue weighted by molar-refractivity contribution is -0.141. The first-order valence-electron chi connectivity index (χ1n) is 9.35. The normalized spacial score (nSPS) is 12.3. The third kappa shape index (κ3) is 5.79. The quantitative estimate of drug-likeness (QED) is 0.576. The lowest BCUT2D eigenvalue weighted by Gasteiger charge is -2.29. The van der Waals surface area contributed by atoms with Gasteiger partial charge in [0.1, 0.15) is 16.9 Å². The van der Waals surface area contributed by atoms with E-state index in [0.717, 1.165) is 17.4 Å². The molecule has 2 heterocycles. The van der Waals surface area contributed by atoms with E-state index in [1.807, 2.05) is 6.92 Å². The Kier molecular flexibility index (Phi) is 6.81. The maximum absolute atomic E-state index is 12.6. The summed E-state index contributed by atoms with van der Waals surface area (Å²) in [6.07, 6.45) is 0.903. The highest BCUT2D eigenvalue weighted by molar-refractivity contribution is 6.04. The van der Waals surface area contributed by atoms with Crippen LogP contribution in [0.5, 0.6) is 0 Å². The number of carboxylic acid groups (broad SMARTS) is 1. The van der Waals surface area contributed by atoms with Gasteiger partial charge in [-0.25, -0.2) is 14.6 Å². The fourth-order valence-corrected chi connectivity index (χ4v) is 2.91. The molecule has 1 amide bonds. The Morgan fingerprint density at radius 2 is 1.97 bits per heavy atom. The van der Waals surface area contributed by atoms with E-state index in [9.17, 15) is 24.3 Å². The smallest absolute Gasteiger partial charge is 0.407 e. The summed E-state index contributed by atoms with van der Waals surface area (Å²) in [6.45, 7) is 7.93. The third-order valence-corrected chi connectivity index (χ3v) is 4.07. The van der Waals surface area contributed by atoms with E-state index in [4.69, 9.17) is 4.74 Å². The number of ether oxygens (including phenoxy) is 1. The minimum absolute atomic E-state index is 0.0107. The van der Waals surface area contributed by atoms with Crippen molar-refractivity contribution < 1.29 is 24.2 Å². The number of pyridine rings is 2. The Morgan fingerprint density at radius 1 is 1.30 bits per heavy atom. The number of H-pyrrole nitrogens is 1. The van der Waals surface area contributed by atoms with Gasteiger partial charge in [-0.2, -0.15) is 0 Å². The molecule has 0 spiro atoms. The van der Waals surface area contributed by atoms with Crippen LogP contribution in [0.2, 0.25) is 0 Å². The largest absolute Gasteiger partial charge is 0.479 e. The van der Waals surface area contributed by atoms with Crippen molar-refractivity contribution in [1.82, 2.24) is 15.3 Å². The summed E-state index contributed by atoms with van der Waals surface area (Å²) in [6, 6.07) is 1.67. The van der Waals surface area contributed by atoms with Gasteiger partial charge in [0.15, 0.2) is 11.8 Å². The van der Waals surface area contributed by atoms with Gasteiger partial charge in [0.25, 0.3) is 5.56 Å². The SMILES string of the molecule is CC(=O)C(C(=O)O)N(CCNC(=O)OC(C)(C)C)c1cc2cc(C)cnc2[nH]c1=O. The highest BCUT2D eigenvalue weighted by Gasteiger charge is 2.32. The lowest BCUT2D eigenvalue weighted by atomic mass is 10.1. The number of carboxylic acids is 1. The van der Waals surface area contributed by atoms with Crippen molar-refractivity contribution in [3.8, 4) is 0 Å². The fourth-order valence-electron chi connectivity index (χ4n) is 2.91. The van der Waals surface area contributed by atoms with Gasteiger partial charge >= 0.3 is 12.1 Å². The number of aliphatic carboxylic acids is 1. The van der Waals surface area contributed by atoms with Crippen molar-refractivity contribution in [3.05, 3.63) is 34.2 Å². The minimum Gasteiger partial charge on any atom is -0.479 e. The molecule has 0 aliphatic carbocycles. The van der Waals surface area contributed by atoms with Gasteiger partial charge in [0.2, 0.25) is 0 Å². The number of alkyl carbamates (subject to hydrolysis) is 1. The van der Waals surface area contributed by atoms with Crippen molar-refractivity contribution in [2.45, 2.75) is 46.3 Å². The van der Waals surface area contributed by atoms with E-state index in [1.54, 1.807) is 33.0 Å². The number of aryl methyl sites for hydroxylation is 1. The van der Waals surface area contributed by atoms with Gasteiger partial charge in [-0.1, -0.05) is 0 Å². The number of anilines is 1. The number of hydrogen-bond donors (Lipinski definition) is 3. The zero-order valence-corrected chi connectivity index (χ0v) is 17.6. The van der Waals surface area contributed by atoms with E-state index in [-0.39, 0.29) is 18.8 Å². The van der Waals surface area contributed by atoms with Gasteiger partial charge in [-0.05, 0) is 52.3 Å². The van der Waals surface area contributed by atoms with E-state index in [1.165, 1.54) is 6.07 Å². The molecule has 162 valence electrons. The second kappa shape index (κ2) is 8.93. The maximum atomic E-state index is 12.6. The second-order valence-corrected chi connectivity index (χ2v) is 7.91. The third-order valence-electron chi connectivity index (χ3n) is 4.07. The molecule has 2 aromatic rings. The van der Waals surface area contributed by atoms with Crippen LogP contribution in [0.1, 0.15) is 33.3 Å². The molecule has 10 heteroatoms. The van der Waals surface area contributed by atoms with Crippen molar-refractivity contribution in [2.75, 3.05) is 18.0 Å². The molecule has 0 aliphatic rings. The predicted octanol–water partition coefficient (Wildman–Crippen LogP) is 1.60. The standard InChI is InChI=1S/C20H26N4O6/c1-11-8-13-9-14(17(26)23-16(13)22-10-11)24(15(12(2)25)18(27)28)7-6-21-19(29)30-20(3,4)5/h8-10,15H,6-7H2,1-5H3,(H,21,29)(H,27,28)(H,22,23,26). The summed E-state index contributed by atoms with van der Waals surface area (Å²) < 4.78 is 5.15. The summed E-state index contributed by atoms with van der Waals surface area (Å²) in [4.78, 5) is 56.3. The molecule has 3 N–H and O–H groups in total. The number of hydrogen-bond acceptors (Lipinski definition) is 7. The van der Waals surface area contributed by atoms with E-state index in [0.29, 0.717) is 11.0 Å². The number of Topliss-reactive ketones (excluding diaryl/α,β-unsaturated/α-hetero) is 1. The Hall–Kier alpha value is -3.43. The van der Waals surface area contributed by atoms with Gasteiger partial charge in [0, 0.05) is 24.7 Å². The number of aromatic nitrogens is 2. The average Bonchev–Trinajstić information content (AvgIpc) is 2.58. The van der Waals surface area contributed by atoms with Gasteiger partial charge < -0.3 is 25.0 Å². The van der Waals surface area contributed by atoms with Gasteiger partial charge in [0.05, 0.1) is 0 Å². The number of rotatable bonds is 7. The summed E-state index contributed by atoms with van der Waals surface area (Å²) in [5.74, 6) is -2.05. The Bertz CT molecular complexity index is 1010. The molecular weight excluding hydrogens is 392 g/mol. The predicted molar refractivity (Wildman–Crippen MR) is 111 cm³/mol. The molecule has 2 aromatic heterocycles. The van der Waals surface area contributed by atoms with E-state index in [2.05, 4.69) is 15.3 Å².